The molecule has 2 N–H and O–H groups in total. The summed E-state index contributed by atoms with van der Waals surface area (Å²) in [6, 6.07) is 3.50. The largest absolute Gasteiger partial charge is 0.506 e. The van der Waals surface area contributed by atoms with Crippen molar-refractivity contribution in [2.45, 2.75) is 32.4 Å². The van der Waals surface area contributed by atoms with Crippen LogP contribution in [0.15, 0.2) is 24.5 Å². The third-order valence-electron chi connectivity index (χ3n) is 4.57. The molecule has 3 heterocycles. The van der Waals surface area contributed by atoms with Crippen LogP contribution in [0.3, 0.4) is 0 Å². The van der Waals surface area contributed by atoms with Gasteiger partial charge in [0.05, 0.1) is 5.69 Å². The quantitative estimate of drug-likeness (QED) is 0.899. The number of aliphatic hydroxyl groups excluding tert-OH is 1. The molecule has 1 saturated heterocycles. The smallest absolute Gasteiger partial charge is 0.138 e. The second kappa shape index (κ2) is 6.68. The lowest BCUT2D eigenvalue weighted by molar-refractivity contribution is 0.0398. The van der Waals surface area contributed by atoms with Crippen molar-refractivity contribution in [2.75, 3.05) is 13.1 Å². The van der Waals surface area contributed by atoms with Crippen LogP contribution >= 0.6 is 0 Å². The van der Waals surface area contributed by atoms with Gasteiger partial charge in [-0.3, -0.25) is 9.88 Å². The lowest BCUT2D eigenvalue weighted by Gasteiger charge is -2.34. The van der Waals surface area contributed by atoms with E-state index < -0.39 is 6.10 Å². The van der Waals surface area contributed by atoms with Crippen LogP contribution in [-0.2, 0) is 13.6 Å². The molecule has 2 aromatic rings. The van der Waals surface area contributed by atoms with Crippen LogP contribution in [0.25, 0.3) is 0 Å². The zero-order chi connectivity index (χ0) is 16.4. The number of imidazole rings is 1. The summed E-state index contributed by atoms with van der Waals surface area (Å²) in [5.74, 6) is 1.10. The fourth-order valence-corrected chi connectivity index (χ4v) is 3.30. The van der Waals surface area contributed by atoms with Gasteiger partial charge in [-0.25, -0.2) is 4.98 Å². The highest BCUT2D eigenvalue weighted by atomic mass is 16.3. The minimum Gasteiger partial charge on any atom is -0.506 e. The van der Waals surface area contributed by atoms with E-state index in [9.17, 15) is 10.2 Å². The summed E-state index contributed by atoms with van der Waals surface area (Å²) in [7, 11) is 1.90. The number of pyridine rings is 1. The number of aromatic nitrogens is 3. The highest BCUT2D eigenvalue weighted by Crippen LogP contribution is 2.30. The molecule has 3 rings (SSSR count). The monoisotopic (exact) mass is 316 g/mol. The number of aromatic hydroxyl groups is 1. The van der Waals surface area contributed by atoms with Crippen molar-refractivity contribution in [2.24, 2.45) is 13.0 Å². The maximum Gasteiger partial charge on any atom is 0.138 e. The van der Waals surface area contributed by atoms with Gasteiger partial charge >= 0.3 is 0 Å². The molecular weight excluding hydrogens is 292 g/mol. The SMILES string of the molecule is Cc1ccc(O)c(CN2CCCC(C(O)c3nccn3C)C2)n1. The minimum atomic E-state index is -0.558. The summed E-state index contributed by atoms with van der Waals surface area (Å²) in [6.45, 7) is 4.27. The average Bonchev–Trinajstić information content (AvgIpc) is 2.96. The first-order chi connectivity index (χ1) is 11.0. The molecule has 0 amide bonds. The molecule has 1 aliphatic heterocycles. The number of likely N-dealkylation sites (tertiary alicyclic amines) is 1. The summed E-state index contributed by atoms with van der Waals surface area (Å²) in [5.41, 5.74) is 1.61. The van der Waals surface area contributed by atoms with E-state index in [0.29, 0.717) is 18.1 Å². The Labute approximate surface area is 136 Å². The van der Waals surface area contributed by atoms with Gasteiger partial charge in [-0.15, -0.1) is 0 Å². The van der Waals surface area contributed by atoms with Crippen molar-refractivity contribution in [3.05, 3.63) is 41.7 Å². The average molecular weight is 316 g/mol. The molecule has 0 spiro atoms. The zero-order valence-electron chi connectivity index (χ0n) is 13.7. The van der Waals surface area contributed by atoms with E-state index in [1.807, 2.05) is 30.8 Å². The van der Waals surface area contributed by atoms with Crippen molar-refractivity contribution in [3.63, 3.8) is 0 Å². The van der Waals surface area contributed by atoms with E-state index in [-0.39, 0.29) is 11.7 Å². The summed E-state index contributed by atoms with van der Waals surface area (Å²) in [4.78, 5) is 10.9. The van der Waals surface area contributed by atoms with E-state index in [1.165, 1.54) is 0 Å². The Hall–Kier alpha value is -1.92. The molecule has 0 radical (unpaired) electrons. The van der Waals surface area contributed by atoms with Crippen molar-refractivity contribution < 1.29 is 10.2 Å². The first-order valence-corrected chi connectivity index (χ1v) is 8.07. The van der Waals surface area contributed by atoms with Crippen molar-refractivity contribution in [1.29, 1.82) is 0 Å². The summed E-state index contributed by atoms with van der Waals surface area (Å²) < 4.78 is 1.87. The number of piperidine rings is 1. The summed E-state index contributed by atoms with van der Waals surface area (Å²) >= 11 is 0. The summed E-state index contributed by atoms with van der Waals surface area (Å²) in [5, 5.41) is 20.6. The first-order valence-electron chi connectivity index (χ1n) is 8.07. The molecule has 124 valence electrons. The van der Waals surface area contributed by atoms with Gasteiger partial charge < -0.3 is 14.8 Å². The normalized spacial score (nSPS) is 20.6. The highest BCUT2D eigenvalue weighted by molar-refractivity contribution is 5.27. The Balaban J connectivity index is 1.68. The van der Waals surface area contributed by atoms with E-state index in [2.05, 4.69) is 14.9 Å². The maximum atomic E-state index is 10.6. The molecule has 0 aromatic carbocycles. The van der Waals surface area contributed by atoms with E-state index in [0.717, 1.165) is 31.6 Å². The number of hydrogen-bond donors (Lipinski definition) is 2. The molecule has 6 nitrogen and oxygen atoms in total. The van der Waals surface area contributed by atoms with Gasteiger partial charge in [0.2, 0.25) is 0 Å². The van der Waals surface area contributed by atoms with E-state index in [1.54, 1.807) is 12.3 Å². The van der Waals surface area contributed by atoms with Gasteiger partial charge in [-0.1, -0.05) is 0 Å². The molecule has 0 saturated carbocycles. The van der Waals surface area contributed by atoms with Crippen LogP contribution in [0.5, 0.6) is 5.75 Å². The number of rotatable bonds is 4. The fourth-order valence-electron chi connectivity index (χ4n) is 3.30. The van der Waals surface area contributed by atoms with Crippen LogP contribution in [0.2, 0.25) is 0 Å². The topological polar surface area (TPSA) is 74.4 Å². The van der Waals surface area contributed by atoms with E-state index in [4.69, 9.17) is 0 Å². The van der Waals surface area contributed by atoms with Crippen LogP contribution in [0.1, 0.15) is 36.2 Å². The number of nitrogens with zero attached hydrogens (tertiary/aromatic N) is 4. The molecule has 0 bridgehead atoms. The Bertz CT molecular complexity index is 670. The molecule has 2 aromatic heterocycles. The number of hydrogen-bond acceptors (Lipinski definition) is 5. The van der Waals surface area contributed by atoms with Gasteiger partial charge in [-0.2, -0.15) is 0 Å². The van der Waals surface area contributed by atoms with Crippen LogP contribution < -0.4 is 0 Å². The predicted molar refractivity (Wildman–Crippen MR) is 86.8 cm³/mol. The third-order valence-corrected chi connectivity index (χ3v) is 4.57. The second-order valence-corrected chi connectivity index (χ2v) is 6.40. The van der Waals surface area contributed by atoms with E-state index >= 15 is 0 Å². The predicted octanol–water partition coefficient (Wildman–Crippen LogP) is 1.77. The van der Waals surface area contributed by atoms with Gasteiger partial charge in [0.1, 0.15) is 17.7 Å². The number of aliphatic hydroxyl groups is 1. The Morgan fingerprint density at radius 2 is 2.22 bits per heavy atom. The lowest BCUT2D eigenvalue weighted by Crippen LogP contribution is -2.38. The van der Waals surface area contributed by atoms with Crippen molar-refractivity contribution in [3.8, 4) is 5.75 Å². The lowest BCUT2D eigenvalue weighted by atomic mass is 9.92. The number of aryl methyl sites for hydroxylation is 2. The summed E-state index contributed by atoms with van der Waals surface area (Å²) in [6.07, 6.45) is 5.02. The van der Waals surface area contributed by atoms with Crippen molar-refractivity contribution in [1.82, 2.24) is 19.4 Å². The van der Waals surface area contributed by atoms with Gasteiger partial charge in [0.15, 0.2) is 0 Å². The third kappa shape index (κ3) is 3.54. The molecule has 2 atom stereocenters. The Morgan fingerprint density at radius 3 is 2.96 bits per heavy atom. The maximum absolute atomic E-state index is 10.6. The fraction of sp³-hybridized carbons (Fsp3) is 0.529. The molecule has 2 unspecified atom stereocenters. The van der Waals surface area contributed by atoms with Gasteiger partial charge in [-0.05, 0) is 38.4 Å². The van der Waals surface area contributed by atoms with Crippen LogP contribution in [0, 0.1) is 12.8 Å². The zero-order valence-corrected chi connectivity index (χ0v) is 13.7. The second-order valence-electron chi connectivity index (χ2n) is 6.40. The van der Waals surface area contributed by atoms with Gasteiger partial charge in [0, 0.05) is 44.1 Å². The van der Waals surface area contributed by atoms with Crippen molar-refractivity contribution >= 4 is 0 Å². The first kappa shape index (κ1) is 16.0. The van der Waals surface area contributed by atoms with Crippen LogP contribution in [-0.4, -0.2) is 42.7 Å². The molecule has 1 aliphatic rings. The molecule has 1 fully saturated rings. The minimum absolute atomic E-state index is 0.150. The molecule has 6 heteroatoms. The standard InChI is InChI=1S/C17H24N4O2/c1-12-5-6-15(22)14(19-12)11-21-8-3-4-13(10-21)16(23)17-18-7-9-20(17)2/h5-7,9,13,16,22-23H,3-4,8,10-11H2,1-2H3. The highest BCUT2D eigenvalue weighted by Gasteiger charge is 2.29. The Morgan fingerprint density at radius 1 is 1.39 bits per heavy atom. The van der Waals surface area contributed by atoms with Crippen LogP contribution in [0.4, 0.5) is 0 Å². The van der Waals surface area contributed by atoms with Gasteiger partial charge in [0.25, 0.3) is 0 Å². The molecule has 0 aliphatic carbocycles. The molecule has 23 heavy (non-hydrogen) atoms. The molecular formula is C17H24N4O2. The Kier molecular flexibility index (Phi) is 4.63.